The van der Waals surface area contributed by atoms with Crippen molar-refractivity contribution in [3.05, 3.63) is 63.1 Å². The van der Waals surface area contributed by atoms with Gasteiger partial charge in [-0.15, -0.1) is 11.3 Å². The highest BCUT2D eigenvalue weighted by atomic mass is 32.1. The Labute approximate surface area is 166 Å². The van der Waals surface area contributed by atoms with Crippen molar-refractivity contribution in [1.29, 1.82) is 0 Å². The van der Waals surface area contributed by atoms with Crippen LogP contribution in [0.25, 0.3) is 10.2 Å². The lowest BCUT2D eigenvalue weighted by Gasteiger charge is -2.32. The number of aromatic nitrogens is 1. The van der Waals surface area contributed by atoms with Crippen LogP contribution < -0.4 is 10.2 Å². The SMILES string of the molecule is CNC(=O)c1ccc(N2CCC(c3nc4ccccc4s3)CC2)c([N+](=O)[O-])c1. The number of hydrogen-bond acceptors (Lipinski definition) is 6. The molecular weight excluding hydrogens is 376 g/mol. The highest BCUT2D eigenvalue weighted by Crippen LogP contribution is 2.37. The van der Waals surface area contributed by atoms with Gasteiger partial charge in [-0.2, -0.15) is 0 Å². The molecule has 1 amide bonds. The number of rotatable bonds is 4. The highest BCUT2D eigenvalue weighted by molar-refractivity contribution is 7.18. The summed E-state index contributed by atoms with van der Waals surface area (Å²) in [6.45, 7) is 1.45. The summed E-state index contributed by atoms with van der Waals surface area (Å²) in [6, 6.07) is 12.8. The van der Waals surface area contributed by atoms with Crippen LogP contribution in [0.1, 0.15) is 34.1 Å². The minimum Gasteiger partial charge on any atom is -0.366 e. The highest BCUT2D eigenvalue weighted by Gasteiger charge is 2.28. The molecule has 0 radical (unpaired) electrons. The van der Waals surface area contributed by atoms with Gasteiger partial charge in [0.2, 0.25) is 0 Å². The summed E-state index contributed by atoms with van der Waals surface area (Å²) in [5, 5.41) is 15.2. The summed E-state index contributed by atoms with van der Waals surface area (Å²) in [5.74, 6) is 0.0436. The first-order chi connectivity index (χ1) is 13.6. The minimum absolute atomic E-state index is 0.0282. The van der Waals surface area contributed by atoms with E-state index in [1.807, 2.05) is 23.1 Å². The predicted molar refractivity (Wildman–Crippen MR) is 110 cm³/mol. The van der Waals surface area contributed by atoms with E-state index in [-0.39, 0.29) is 11.6 Å². The van der Waals surface area contributed by atoms with Gasteiger partial charge in [0.1, 0.15) is 5.69 Å². The molecule has 1 N–H and O–H groups in total. The number of nitrogens with zero attached hydrogens (tertiary/aromatic N) is 3. The van der Waals surface area contributed by atoms with Gasteiger partial charge >= 0.3 is 0 Å². The van der Waals surface area contributed by atoms with Crippen molar-refractivity contribution in [3.63, 3.8) is 0 Å². The smallest absolute Gasteiger partial charge is 0.293 e. The molecule has 1 fully saturated rings. The second kappa shape index (κ2) is 7.55. The summed E-state index contributed by atoms with van der Waals surface area (Å²) in [6.07, 6.45) is 1.79. The summed E-state index contributed by atoms with van der Waals surface area (Å²) in [7, 11) is 1.51. The maximum Gasteiger partial charge on any atom is 0.293 e. The van der Waals surface area contributed by atoms with E-state index in [1.54, 1.807) is 23.5 Å². The average Bonchev–Trinajstić information content (AvgIpc) is 3.17. The first kappa shape index (κ1) is 18.4. The van der Waals surface area contributed by atoms with Gasteiger partial charge in [-0.25, -0.2) is 4.98 Å². The van der Waals surface area contributed by atoms with E-state index in [4.69, 9.17) is 4.98 Å². The minimum atomic E-state index is -0.415. The number of para-hydroxylation sites is 1. The van der Waals surface area contributed by atoms with Crippen LogP contribution >= 0.6 is 11.3 Å². The molecule has 3 aromatic rings. The molecule has 0 bridgehead atoms. The number of fused-ring (bicyclic) bond motifs is 1. The Kier molecular flexibility index (Phi) is 4.95. The van der Waals surface area contributed by atoms with Gasteiger partial charge in [0.15, 0.2) is 0 Å². The molecule has 0 spiro atoms. The zero-order valence-electron chi connectivity index (χ0n) is 15.4. The lowest BCUT2D eigenvalue weighted by Crippen LogP contribution is -2.33. The van der Waals surface area contributed by atoms with Gasteiger partial charge in [-0.05, 0) is 37.1 Å². The maximum atomic E-state index is 11.8. The van der Waals surface area contributed by atoms with Crippen LogP contribution in [-0.2, 0) is 0 Å². The summed E-state index contributed by atoms with van der Waals surface area (Å²) < 4.78 is 1.19. The molecule has 28 heavy (non-hydrogen) atoms. The standard InChI is InChI=1S/C20H20N4O3S/c1-21-19(25)14-6-7-16(17(12-14)24(26)27)23-10-8-13(9-11-23)20-22-15-4-2-3-5-18(15)28-20/h2-7,12-13H,8-11H2,1H3,(H,21,25). The van der Waals surface area contributed by atoms with E-state index in [2.05, 4.69) is 11.4 Å². The third kappa shape index (κ3) is 3.43. The number of carbonyl (C=O) groups excluding carboxylic acids is 1. The molecule has 144 valence electrons. The number of benzene rings is 2. The van der Waals surface area contributed by atoms with Crippen LogP contribution in [-0.4, -0.2) is 36.0 Å². The topological polar surface area (TPSA) is 88.4 Å². The fraction of sp³-hybridized carbons (Fsp3) is 0.300. The molecule has 7 nitrogen and oxygen atoms in total. The van der Waals surface area contributed by atoms with E-state index >= 15 is 0 Å². The van der Waals surface area contributed by atoms with Crippen molar-refractivity contribution in [2.75, 3.05) is 25.0 Å². The largest absolute Gasteiger partial charge is 0.366 e. The Balaban J connectivity index is 1.53. The van der Waals surface area contributed by atoms with Crippen molar-refractivity contribution in [2.45, 2.75) is 18.8 Å². The molecule has 4 rings (SSSR count). The average molecular weight is 396 g/mol. The number of thiazole rings is 1. The van der Waals surface area contributed by atoms with Gasteiger partial charge in [0, 0.05) is 37.7 Å². The molecule has 8 heteroatoms. The van der Waals surface area contributed by atoms with Gasteiger partial charge in [0.05, 0.1) is 20.1 Å². The van der Waals surface area contributed by atoms with Gasteiger partial charge in [0.25, 0.3) is 11.6 Å². The molecule has 1 saturated heterocycles. The summed E-state index contributed by atoms with van der Waals surface area (Å²) in [4.78, 5) is 29.7. The fourth-order valence-electron chi connectivity index (χ4n) is 3.65. The monoisotopic (exact) mass is 396 g/mol. The molecule has 2 heterocycles. The van der Waals surface area contributed by atoms with E-state index in [0.717, 1.165) is 36.5 Å². The van der Waals surface area contributed by atoms with E-state index < -0.39 is 4.92 Å². The molecule has 0 unspecified atom stereocenters. The third-order valence-corrected chi connectivity index (χ3v) is 6.36. The zero-order chi connectivity index (χ0) is 19.7. The Hall–Kier alpha value is -3.00. The predicted octanol–water partition coefficient (Wildman–Crippen LogP) is 3.95. The third-order valence-electron chi connectivity index (χ3n) is 5.16. The molecule has 1 aromatic heterocycles. The molecule has 0 saturated carbocycles. The Morgan fingerprint density at radius 3 is 2.68 bits per heavy atom. The van der Waals surface area contributed by atoms with Gasteiger partial charge in [-0.3, -0.25) is 14.9 Å². The Bertz CT molecular complexity index is 1010. The summed E-state index contributed by atoms with van der Waals surface area (Å²) >= 11 is 1.73. The van der Waals surface area contributed by atoms with Crippen molar-refractivity contribution in [2.24, 2.45) is 0 Å². The van der Waals surface area contributed by atoms with E-state index in [0.29, 0.717) is 17.2 Å². The quantitative estimate of drug-likeness (QED) is 0.533. The number of hydrogen-bond donors (Lipinski definition) is 1. The molecule has 1 aliphatic rings. The number of amides is 1. The first-order valence-electron chi connectivity index (χ1n) is 9.17. The normalized spacial score (nSPS) is 15.0. The van der Waals surface area contributed by atoms with Crippen molar-refractivity contribution in [1.82, 2.24) is 10.3 Å². The second-order valence-corrected chi connectivity index (χ2v) is 7.88. The van der Waals surface area contributed by atoms with Crippen molar-refractivity contribution >= 4 is 38.8 Å². The number of nitro groups is 1. The summed E-state index contributed by atoms with van der Waals surface area (Å²) in [5.41, 5.74) is 1.87. The first-order valence-corrected chi connectivity index (χ1v) is 9.99. The fourth-order valence-corrected chi connectivity index (χ4v) is 4.79. The Morgan fingerprint density at radius 2 is 2.00 bits per heavy atom. The van der Waals surface area contributed by atoms with E-state index in [9.17, 15) is 14.9 Å². The van der Waals surface area contributed by atoms with Crippen LogP contribution in [0.4, 0.5) is 11.4 Å². The number of carbonyl (C=O) groups is 1. The lowest BCUT2D eigenvalue weighted by atomic mass is 9.96. The Morgan fingerprint density at radius 1 is 1.25 bits per heavy atom. The molecule has 0 aliphatic carbocycles. The number of anilines is 1. The molecule has 1 aliphatic heterocycles. The molecule has 0 atom stereocenters. The molecular formula is C20H20N4O3S. The maximum absolute atomic E-state index is 11.8. The van der Waals surface area contributed by atoms with Crippen LogP contribution in [0, 0.1) is 10.1 Å². The van der Waals surface area contributed by atoms with Gasteiger partial charge in [-0.1, -0.05) is 12.1 Å². The van der Waals surface area contributed by atoms with Crippen LogP contribution in [0.2, 0.25) is 0 Å². The van der Waals surface area contributed by atoms with Crippen molar-refractivity contribution < 1.29 is 9.72 Å². The number of nitro benzene ring substituents is 1. The zero-order valence-corrected chi connectivity index (χ0v) is 16.2. The lowest BCUT2D eigenvalue weighted by molar-refractivity contribution is -0.384. The van der Waals surface area contributed by atoms with E-state index in [1.165, 1.54) is 17.8 Å². The second-order valence-electron chi connectivity index (χ2n) is 6.82. The van der Waals surface area contributed by atoms with Crippen LogP contribution in [0.5, 0.6) is 0 Å². The number of nitrogens with one attached hydrogen (secondary N) is 1. The molecule has 2 aromatic carbocycles. The van der Waals surface area contributed by atoms with Crippen LogP contribution in [0.15, 0.2) is 42.5 Å². The van der Waals surface area contributed by atoms with Crippen molar-refractivity contribution in [3.8, 4) is 0 Å². The van der Waals surface area contributed by atoms with Gasteiger partial charge < -0.3 is 10.2 Å². The van der Waals surface area contributed by atoms with Crippen LogP contribution in [0.3, 0.4) is 0 Å². The number of piperidine rings is 1.